The number of aryl methyl sites for hydroxylation is 1. The van der Waals surface area contributed by atoms with Gasteiger partial charge in [0, 0.05) is 13.1 Å². The number of aromatic nitrogens is 2. The highest BCUT2D eigenvalue weighted by molar-refractivity contribution is 5.24. The van der Waals surface area contributed by atoms with Gasteiger partial charge in [0.15, 0.2) is 5.82 Å². The molecule has 17 heavy (non-hydrogen) atoms. The molecule has 5 nitrogen and oxygen atoms in total. The molecule has 1 saturated heterocycles. The Labute approximate surface area is 103 Å². The zero-order valence-corrected chi connectivity index (χ0v) is 10.8. The summed E-state index contributed by atoms with van der Waals surface area (Å²) < 4.78 is 5.26. The lowest BCUT2D eigenvalue weighted by Crippen LogP contribution is -2.38. The van der Waals surface area contributed by atoms with Crippen molar-refractivity contribution < 1.29 is 4.52 Å². The van der Waals surface area contributed by atoms with Crippen LogP contribution in [0, 0.1) is 12.8 Å². The third-order valence-electron chi connectivity index (χ3n) is 3.16. The molecule has 0 aromatic carbocycles. The highest BCUT2D eigenvalue weighted by Crippen LogP contribution is 2.17. The average molecular weight is 238 g/mol. The standard InChI is InChI=1S/C12H22N4O/c1-3-7-16(12-14-10(2)15-17-12)9-11-5-4-6-13-8-11/h11,13H,3-9H2,1-2H3. The van der Waals surface area contributed by atoms with Crippen LogP contribution in [0.5, 0.6) is 0 Å². The van der Waals surface area contributed by atoms with Gasteiger partial charge >= 0.3 is 6.01 Å². The second kappa shape index (κ2) is 6.00. The average Bonchev–Trinajstić information content (AvgIpc) is 2.77. The van der Waals surface area contributed by atoms with Gasteiger partial charge in [-0.3, -0.25) is 0 Å². The van der Waals surface area contributed by atoms with E-state index in [4.69, 9.17) is 4.52 Å². The number of hydrogen-bond donors (Lipinski definition) is 1. The van der Waals surface area contributed by atoms with Gasteiger partial charge in [0.25, 0.3) is 0 Å². The topological polar surface area (TPSA) is 54.2 Å². The molecule has 0 amide bonds. The van der Waals surface area contributed by atoms with Crippen molar-refractivity contribution in [2.45, 2.75) is 33.1 Å². The first-order chi connectivity index (χ1) is 8.29. The first-order valence-electron chi connectivity index (χ1n) is 6.55. The number of rotatable bonds is 5. The van der Waals surface area contributed by atoms with E-state index in [2.05, 4.69) is 27.3 Å². The van der Waals surface area contributed by atoms with Crippen LogP contribution >= 0.6 is 0 Å². The van der Waals surface area contributed by atoms with Crippen LogP contribution in [-0.4, -0.2) is 36.3 Å². The molecule has 1 aromatic heterocycles. The minimum absolute atomic E-state index is 0.676. The van der Waals surface area contributed by atoms with Crippen LogP contribution in [0.2, 0.25) is 0 Å². The maximum Gasteiger partial charge on any atom is 0.324 e. The minimum Gasteiger partial charge on any atom is -0.324 e. The fourth-order valence-electron chi connectivity index (χ4n) is 2.34. The van der Waals surface area contributed by atoms with Gasteiger partial charge in [-0.25, -0.2) is 0 Å². The van der Waals surface area contributed by atoms with Gasteiger partial charge in [-0.15, -0.1) is 0 Å². The number of anilines is 1. The van der Waals surface area contributed by atoms with Gasteiger partial charge < -0.3 is 14.7 Å². The lowest BCUT2D eigenvalue weighted by molar-refractivity contribution is 0.356. The van der Waals surface area contributed by atoms with Gasteiger partial charge in [0.2, 0.25) is 0 Å². The van der Waals surface area contributed by atoms with Crippen molar-refractivity contribution in [1.82, 2.24) is 15.5 Å². The fourth-order valence-corrected chi connectivity index (χ4v) is 2.34. The summed E-state index contributed by atoms with van der Waals surface area (Å²) in [6.45, 7) is 8.30. The van der Waals surface area contributed by atoms with E-state index in [-0.39, 0.29) is 0 Å². The number of hydrogen-bond acceptors (Lipinski definition) is 5. The highest BCUT2D eigenvalue weighted by atomic mass is 16.5. The summed E-state index contributed by atoms with van der Waals surface area (Å²) in [6.07, 6.45) is 3.66. The van der Waals surface area contributed by atoms with Crippen molar-refractivity contribution in [2.24, 2.45) is 5.92 Å². The summed E-state index contributed by atoms with van der Waals surface area (Å²) in [5, 5.41) is 7.32. The maximum absolute atomic E-state index is 5.26. The van der Waals surface area contributed by atoms with E-state index >= 15 is 0 Å². The SMILES string of the molecule is CCCN(CC1CCCNC1)c1nc(C)no1. The smallest absolute Gasteiger partial charge is 0.324 e. The van der Waals surface area contributed by atoms with Gasteiger partial charge in [0.1, 0.15) is 0 Å². The molecule has 1 aliphatic rings. The number of nitrogens with zero attached hydrogens (tertiary/aromatic N) is 3. The molecule has 0 aliphatic carbocycles. The number of piperidine rings is 1. The molecule has 0 spiro atoms. The zero-order chi connectivity index (χ0) is 12.1. The molecule has 1 atom stereocenters. The Morgan fingerprint density at radius 3 is 3.00 bits per heavy atom. The van der Waals surface area contributed by atoms with E-state index in [1.54, 1.807) is 0 Å². The Hall–Kier alpha value is -1.10. The molecule has 5 heteroatoms. The third-order valence-corrected chi connectivity index (χ3v) is 3.16. The van der Waals surface area contributed by atoms with Crippen LogP contribution in [0.4, 0.5) is 6.01 Å². The molecule has 2 heterocycles. The van der Waals surface area contributed by atoms with Gasteiger partial charge in [-0.05, 0) is 45.2 Å². The molecular weight excluding hydrogens is 216 g/mol. The summed E-state index contributed by atoms with van der Waals surface area (Å²) in [5.41, 5.74) is 0. The van der Waals surface area contributed by atoms with Crippen molar-refractivity contribution in [2.75, 3.05) is 31.1 Å². The predicted octanol–water partition coefficient (Wildman–Crippen LogP) is 1.59. The fraction of sp³-hybridized carbons (Fsp3) is 0.833. The third kappa shape index (κ3) is 3.43. The first-order valence-corrected chi connectivity index (χ1v) is 6.55. The Kier molecular flexibility index (Phi) is 4.36. The molecule has 2 rings (SSSR count). The first kappa shape index (κ1) is 12.4. The lowest BCUT2D eigenvalue weighted by Gasteiger charge is -2.28. The summed E-state index contributed by atoms with van der Waals surface area (Å²) >= 11 is 0. The van der Waals surface area contributed by atoms with Crippen molar-refractivity contribution >= 4 is 6.01 Å². The zero-order valence-electron chi connectivity index (χ0n) is 10.8. The second-order valence-electron chi connectivity index (χ2n) is 4.78. The molecule has 0 bridgehead atoms. The van der Waals surface area contributed by atoms with Crippen LogP contribution in [0.1, 0.15) is 32.0 Å². The quantitative estimate of drug-likeness (QED) is 0.844. The molecule has 0 saturated carbocycles. The molecule has 1 unspecified atom stereocenters. The van der Waals surface area contributed by atoms with Crippen molar-refractivity contribution in [3.63, 3.8) is 0 Å². The Morgan fingerprint density at radius 2 is 2.41 bits per heavy atom. The van der Waals surface area contributed by atoms with Crippen LogP contribution in [0.25, 0.3) is 0 Å². The normalized spacial score (nSPS) is 20.5. The van der Waals surface area contributed by atoms with Crippen molar-refractivity contribution in [1.29, 1.82) is 0 Å². The van der Waals surface area contributed by atoms with Gasteiger partial charge in [-0.2, -0.15) is 4.98 Å². The highest BCUT2D eigenvalue weighted by Gasteiger charge is 2.20. The van der Waals surface area contributed by atoms with Gasteiger partial charge in [-0.1, -0.05) is 12.1 Å². The predicted molar refractivity (Wildman–Crippen MR) is 67.1 cm³/mol. The Balaban J connectivity index is 1.96. The molecule has 0 radical (unpaired) electrons. The van der Waals surface area contributed by atoms with E-state index < -0.39 is 0 Å². The van der Waals surface area contributed by atoms with Crippen LogP contribution in [-0.2, 0) is 0 Å². The minimum atomic E-state index is 0.676. The molecule has 1 N–H and O–H groups in total. The molecule has 1 aromatic rings. The largest absolute Gasteiger partial charge is 0.324 e. The summed E-state index contributed by atoms with van der Waals surface area (Å²) in [5.74, 6) is 1.41. The van der Waals surface area contributed by atoms with Crippen LogP contribution in [0.3, 0.4) is 0 Å². The van der Waals surface area contributed by atoms with Crippen LogP contribution < -0.4 is 10.2 Å². The number of nitrogens with one attached hydrogen (secondary N) is 1. The monoisotopic (exact) mass is 238 g/mol. The molecule has 1 fully saturated rings. The van der Waals surface area contributed by atoms with Gasteiger partial charge in [0.05, 0.1) is 0 Å². The maximum atomic E-state index is 5.26. The van der Waals surface area contributed by atoms with E-state index in [1.807, 2.05) is 6.92 Å². The van der Waals surface area contributed by atoms with E-state index in [0.717, 1.165) is 32.6 Å². The summed E-state index contributed by atoms with van der Waals surface area (Å²) in [4.78, 5) is 6.54. The van der Waals surface area contributed by atoms with E-state index in [1.165, 1.54) is 12.8 Å². The van der Waals surface area contributed by atoms with E-state index in [0.29, 0.717) is 17.8 Å². The van der Waals surface area contributed by atoms with Crippen LogP contribution in [0.15, 0.2) is 4.52 Å². The molecule has 96 valence electrons. The molecule has 1 aliphatic heterocycles. The Morgan fingerprint density at radius 1 is 1.53 bits per heavy atom. The summed E-state index contributed by atoms with van der Waals surface area (Å²) in [7, 11) is 0. The summed E-state index contributed by atoms with van der Waals surface area (Å²) in [6, 6.07) is 0.676. The van der Waals surface area contributed by atoms with E-state index in [9.17, 15) is 0 Å². The Bertz CT molecular complexity index is 333. The second-order valence-corrected chi connectivity index (χ2v) is 4.78. The van der Waals surface area contributed by atoms with Crippen molar-refractivity contribution in [3.05, 3.63) is 5.82 Å². The lowest BCUT2D eigenvalue weighted by atomic mass is 9.99. The van der Waals surface area contributed by atoms with Crippen molar-refractivity contribution in [3.8, 4) is 0 Å². The molecular formula is C12H22N4O.